The summed E-state index contributed by atoms with van der Waals surface area (Å²) in [5, 5.41) is 0. The van der Waals surface area contributed by atoms with Crippen LogP contribution in [0.15, 0.2) is 42.9 Å². The fourth-order valence-electron chi connectivity index (χ4n) is 2.62. The normalized spacial score (nSPS) is 18.5. The van der Waals surface area contributed by atoms with Crippen molar-refractivity contribution in [1.82, 2.24) is 9.97 Å². The topological polar surface area (TPSA) is 38.2 Å². The summed E-state index contributed by atoms with van der Waals surface area (Å²) in [4.78, 5) is 10.5. The summed E-state index contributed by atoms with van der Waals surface area (Å²) in [6, 6.07) is 8.11. The molecular weight excluding hydrogens is 269 g/mol. The van der Waals surface area contributed by atoms with Crippen molar-refractivity contribution in [2.45, 2.75) is 12.8 Å². The Morgan fingerprint density at radius 2 is 2.10 bits per heavy atom. The molecule has 3 rings (SSSR count). The van der Waals surface area contributed by atoms with E-state index in [9.17, 15) is 4.39 Å². The SMILES string of the molecule is Fc1ccc(OC[C@@H]2CCCN(c3ccncn3)C2)cc1. The Morgan fingerprint density at radius 1 is 1.24 bits per heavy atom. The average Bonchev–Trinajstić information content (AvgIpc) is 2.55. The van der Waals surface area contributed by atoms with Crippen LogP contribution in [0.2, 0.25) is 0 Å². The van der Waals surface area contributed by atoms with E-state index in [4.69, 9.17) is 4.74 Å². The van der Waals surface area contributed by atoms with Crippen LogP contribution in [0, 0.1) is 11.7 Å². The van der Waals surface area contributed by atoms with Crippen LogP contribution >= 0.6 is 0 Å². The van der Waals surface area contributed by atoms with E-state index in [1.807, 2.05) is 6.07 Å². The number of benzene rings is 1. The molecule has 0 spiro atoms. The molecule has 4 nitrogen and oxygen atoms in total. The Bertz CT molecular complexity index is 561. The molecule has 0 saturated carbocycles. The molecule has 110 valence electrons. The van der Waals surface area contributed by atoms with Crippen molar-refractivity contribution in [2.75, 3.05) is 24.6 Å². The summed E-state index contributed by atoms with van der Waals surface area (Å²) in [5.74, 6) is 1.90. The molecule has 2 heterocycles. The van der Waals surface area contributed by atoms with Gasteiger partial charge in [0.2, 0.25) is 0 Å². The van der Waals surface area contributed by atoms with Crippen LogP contribution in [0.1, 0.15) is 12.8 Å². The van der Waals surface area contributed by atoms with E-state index >= 15 is 0 Å². The van der Waals surface area contributed by atoms with E-state index in [1.165, 1.54) is 12.1 Å². The van der Waals surface area contributed by atoms with E-state index in [-0.39, 0.29) is 5.82 Å². The van der Waals surface area contributed by atoms with Crippen LogP contribution in [0.25, 0.3) is 0 Å². The zero-order valence-electron chi connectivity index (χ0n) is 11.8. The minimum Gasteiger partial charge on any atom is -0.493 e. The Labute approximate surface area is 123 Å². The van der Waals surface area contributed by atoms with Crippen molar-refractivity contribution >= 4 is 5.82 Å². The van der Waals surface area contributed by atoms with Crippen molar-refractivity contribution < 1.29 is 9.13 Å². The highest BCUT2D eigenvalue weighted by molar-refractivity contribution is 5.37. The third kappa shape index (κ3) is 3.68. The molecule has 1 aromatic carbocycles. The quantitative estimate of drug-likeness (QED) is 0.866. The van der Waals surface area contributed by atoms with E-state index in [1.54, 1.807) is 24.7 Å². The van der Waals surface area contributed by atoms with Crippen molar-refractivity contribution in [1.29, 1.82) is 0 Å². The molecule has 5 heteroatoms. The van der Waals surface area contributed by atoms with Gasteiger partial charge in [-0.1, -0.05) is 0 Å². The van der Waals surface area contributed by atoms with Gasteiger partial charge < -0.3 is 9.64 Å². The molecule has 1 aromatic heterocycles. The molecule has 2 aromatic rings. The third-order valence-corrected chi connectivity index (χ3v) is 3.71. The number of ether oxygens (including phenoxy) is 1. The maximum absolute atomic E-state index is 12.8. The predicted molar refractivity (Wildman–Crippen MR) is 78.9 cm³/mol. The van der Waals surface area contributed by atoms with Gasteiger partial charge in [-0.25, -0.2) is 14.4 Å². The lowest BCUT2D eigenvalue weighted by Gasteiger charge is -2.33. The number of nitrogens with zero attached hydrogens (tertiary/aromatic N) is 3. The van der Waals surface area contributed by atoms with Gasteiger partial charge in [-0.15, -0.1) is 0 Å². The highest BCUT2D eigenvalue weighted by Gasteiger charge is 2.21. The first kappa shape index (κ1) is 13.8. The van der Waals surface area contributed by atoms with E-state index < -0.39 is 0 Å². The van der Waals surface area contributed by atoms with Gasteiger partial charge in [0, 0.05) is 25.2 Å². The van der Waals surface area contributed by atoms with Crippen molar-refractivity contribution in [3.63, 3.8) is 0 Å². The van der Waals surface area contributed by atoms with Crippen molar-refractivity contribution in [2.24, 2.45) is 5.92 Å². The summed E-state index contributed by atoms with van der Waals surface area (Å²) in [7, 11) is 0. The molecule has 0 N–H and O–H groups in total. The van der Waals surface area contributed by atoms with Gasteiger partial charge in [0.25, 0.3) is 0 Å². The highest BCUT2D eigenvalue weighted by Crippen LogP contribution is 2.22. The first-order valence-corrected chi connectivity index (χ1v) is 7.20. The van der Waals surface area contributed by atoms with E-state index in [2.05, 4.69) is 14.9 Å². The Balaban J connectivity index is 1.55. The molecule has 21 heavy (non-hydrogen) atoms. The second-order valence-electron chi connectivity index (χ2n) is 5.29. The smallest absolute Gasteiger partial charge is 0.131 e. The van der Waals surface area contributed by atoms with Crippen molar-refractivity contribution in [3.8, 4) is 5.75 Å². The maximum atomic E-state index is 12.8. The molecular formula is C16H18FN3O. The van der Waals surface area contributed by atoms with Gasteiger partial charge in [0.05, 0.1) is 6.61 Å². The predicted octanol–water partition coefficient (Wildman–Crippen LogP) is 2.91. The van der Waals surface area contributed by atoms with Crippen LogP contribution in [0.3, 0.4) is 0 Å². The van der Waals surface area contributed by atoms with E-state index in [0.29, 0.717) is 12.5 Å². The number of halogens is 1. The van der Waals surface area contributed by atoms with Crippen molar-refractivity contribution in [3.05, 3.63) is 48.7 Å². The highest BCUT2D eigenvalue weighted by atomic mass is 19.1. The fourth-order valence-corrected chi connectivity index (χ4v) is 2.62. The van der Waals surface area contributed by atoms with Crippen LogP contribution < -0.4 is 9.64 Å². The minimum absolute atomic E-state index is 0.241. The van der Waals surface area contributed by atoms with Gasteiger partial charge >= 0.3 is 0 Å². The summed E-state index contributed by atoms with van der Waals surface area (Å²) in [6.45, 7) is 2.59. The average molecular weight is 287 g/mol. The fraction of sp³-hybridized carbons (Fsp3) is 0.375. The lowest BCUT2D eigenvalue weighted by Crippen LogP contribution is -2.38. The Kier molecular flexibility index (Phi) is 4.28. The third-order valence-electron chi connectivity index (χ3n) is 3.71. The molecule has 1 atom stereocenters. The molecule has 0 radical (unpaired) electrons. The summed E-state index contributed by atoms with van der Waals surface area (Å²) >= 11 is 0. The zero-order valence-corrected chi connectivity index (χ0v) is 11.8. The summed E-state index contributed by atoms with van der Waals surface area (Å²) in [5.41, 5.74) is 0. The number of piperidine rings is 1. The Morgan fingerprint density at radius 3 is 2.86 bits per heavy atom. The zero-order chi connectivity index (χ0) is 14.5. The largest absolute Gasteiger partial charge is 0.493 e. The summed E-state index contributed by atoms with van der Waals surface area (Å²) in [6.07, 6.45) is 5.61. The molecule has 1 aliphatic rings. The van der Waals surface area contributed by atoms with Gasteiger partial charge in [0.1, 0.15) is 23.7 Å². The molecule has 0 unspecified atom stereocenters. The number of aromatic nitrogens is 2. The lowest BCUT2D eigenvalue weighted by molar-refractivity contribution is 0.228. The van der Waals surface area contributed by atoms with Crippen LogP contribution in [0.5, 0.6) is 5.75 Å². The summed E-state index contributed by atoms with van der Waals surface area (Å²) < 4.78 is 18.6. The number of rotatable bonds is 4. The first-order valence-electron chi connectivity index (χ1n) is 7.20. The lowest BCUT2D eigenvalue weighted by atomic mass is 9.99. The van der Waals surface area contributed by atoms with Gasteiger partial charge in [-0.3, -0.25) is 0 Å². The Hall–Kier alpha value is -2.17. The number of hydrogen-bond acceptors (Lipinski definition) is 4. The van der Waals surface area contributed by atoms with Crippen LogP contribution in [-0.4, -0.2) is 29.7 Å². The first-order chi connectivity index (χ1) is 10.3. The second-order valence-corrected chi connectivity index (χ2v) is 5.29. The molecule has 1 saturated heterocycles. The van der Waals surface area contributed by atoms with Crippen LogP contribution in [0.4, 0.5) is 10.2 Å². The maximum Gasteiger partial charge on any atom is 0.131 e. The number of hydrogen-bond donors (Lipinski definition) is 0. The number of anilines is 1. The van der Waals surface area contributed by atoms with Gasteiger partial charge in [-0.2, -0.15) is 0 Å². The molecule has 0 aliphatic carbocycles. The van der Waals surface area contributed by atoms with E-state index in [0.717, 1.165) is 37.5 Å². The monoisotopic (exact) mass is 287 g/mol. The minimum atomic E-state index is -0.241. The van der Waals surface area contributed by atoms with Gasteiger partial charge in [0.15, 0.2) is 0 Å². The second kappa shape index (κ2) is 6.52. The molecule has 0 bridgehead atoms. The van der Waals surface area contributed by atoms with Gasteiger partial charge in [-0.05, 0) is 43.2 Å². The molecule has 1 aliphatic heterocycles. The molecule has 0 amide bonds. The molecule has 1 fully saturated rings. The van der Waals surface area contributed by atoms with Crippen LogP contribution in [-0.2, 0) is 0 Å². The standard InChI is InChI=1S/C16H18FN3O/c17-14-3-5-15(6-4-14)21-11-13-2-1-9-20(10-13)16-7-8-18-12-19-16/h3-8,12-13H,1-2,9-11H2/t13-/m1/s1.